The number of carbonyl (C=O) groups excluding carboxylic acids is 1. The van der Waals surface area contributed by atoms with Crippen LogP contribution in [-0.2, 0) is 16.0 Å². The van der Waals surface area contributed by atoms with Crippen molar-refractivity contribution in [1.29, 1.82) is 0 Å². The summed E-state index contributed by atoms with van der Waals surface area (Å²) in [6, 6.07) is 5.16. The van der Waals surface area contributed by atoms with E-state index in [1.54, 1.807) is 39.2 Å². The molecular formula is C19H25N5O5. The van der Waals surface area contributed by atoms with Crippen molar-refractivity contribution < 1.29 is 19.0 Å². The molecule has 2 rings (SSSR count). The van der Waals surface area contributed by atoms with Crippen LogP contribution in [0.3, 0.4) is 0 Å². The molecule has 1 heterocycles. The molecule has 0 radical (unpaired) electrons. The van der Waals surface area contributed by atoms with Crippen molar-refractivity contribution in [2.75, 3.05) is 26.1 Å². The van der Waals surface area contributed by atoms with E-state index in [-0.39, 0.29) is 36.3 Å². The zero-order chi connectivity index (χ0) is 21.4. The Balaban J connectivity index is 2.20. The molecular weight excluding hydrogens is 378 g/mol. The van der Waals surface area contributed by atoms with Gasteiger partial charge in [-0.3, -0.25) is 14.6 Å². The largest absolute Gasteiger partial charge is 0.497 e. The fraction of sp³-hybridized carbons (Fsp3) is 0.368. The van der Waals surface area contributed by atoms with Crippen LogP contribution in [0.25, 0.3) is 0 Å². The molecule has 29 heavy (non-hydrogen) atoms. The third-order valence-corrected chi connectivity index (χ3v) is 3.99. The number of H-pyrrole nitrogens is 1. The molecule has 0 atom stereocenters. The second-order valence-electron chi connectivity index (χ2n) is 5.95. The van der Waals surface area contributed by atoms with Gasteiger partial charge in [0.2, 0.25) is 11.9 Å². The molecule has 0 spiro atoms. The summed E-state index contributed by atoms with van der Waals surface area (Å²) in [7, 11) is 3.07. The number of nitrogens with zero attached hydrogens (tertiary/aromatic N) is 2. The zero-order valence-electron chi connectivity index (χ0n) is 16.9. The smallest absolute Gasteiger partial charge is 0.306 e. The predicted octanol–water partition coefficient (Wildman–Crippen LogP) is 1.65. The third-order valence-electron chi connectivity index (χ3n) is 3.99. The Labute approximate surface area is 168 Å². The Bertz CT molecular complexity index is 954. The number of aryl methyl sites for hydroxylation is 1. The van der Waals surface area contributed by atoms with Crippen LogP contribution >= 0.6 is 0 Å². The molecule has 0 fully saturated rings. The molecule has 10 nitrogen and oxygen atoms in total. The first-order valence-corrected chi connectivity index (χ1v) is 8.96. The summed E-state index contributed by atoms with van der Waals surface area (Å²) in [5, 5.41) is 2.89. The number of ether oxygens (including phenoxy) is 3. The number of esters is 1. The van der Waals surface area contributed by atoms with Gasteiger partial charge < -0.3 is 25.3 Å². The van der Waals surface area contributed by atoms with Crippen LogP contribution in [0.2, 0.25) is 0 Å². The second-order valence-corrected chi connectivity index (χ2v) is 5.95. The molecule has 4 N–H and O–H groups in total. The minimum absolute atomic E-state index is 0.00150. The van der Waals surface area contributed by atoms with Crippen molar-refractivity contribution in [3.05, 3.63) is 39.8 Å². The molecule has 0 bridgehead atoms. The summed E-state index contributed by atoms with van der Waals surface area (Å²) in [4.78, 5) is 34.7. The van der Waals surface area contributed by atoms with Crippen LogP contribution in [0.1, 0.15) is 24.6 Å². The Morgan fingerprint density at radius 1 is 1.31 bits per heavy atom. The lowest BCUT2D eigenvalue weighted by Gasteiger charge is -2.12. The molecule has 0 aliphatic carbocycles. The number of nitrogens with one attached hydrogen (secondary N) is 2. The van der Waals surface area contributed by atoms with Crippen LogP contribution in [-0.4, -0.2) is 42.7 Å². The average Bonchev–Trinajstić information content (AvgIpc) is 2.67. The number of benzene rings is 1. The summed E-state index contributed by atoms with van der Waals surface area (Å²) < 4.78 is 15.3. The molecule has 0 aliphatic heterocycles. The van der Waals surface area contributed by atoms with Crippen LogP contribution < -0.4 is 26.1 Å². The summed E-state index contributed by atoms with van der Waals surface area (Å²) in [5.41, 5.74) is 6.96. The molecule has 0 unspecified atom stereocenters. The number of methoxy groups -OCH3 is 2. The van der Waals surface area contributed by atoms with E-state index in [2.05, 4.69) is 20.3 Å². The monoisotopic (exact) mass is 403 g/mol. The zero-order valence-corrected chi connectivity index (χ0v) is 16.9. The number of guanidine groups is 1. The maximum absolute atomic E-state index is 12.3. The molecule has 1 aromatic heterocycles. The Kier molecular flexibility index (Phi) is 7.58. The number of hydrogen-bond acceptors (Lipinski definition) is 7. The lowest BCUT2D eigenvalue weighted by Crippen LogP contribution is -2.23. The normalized spacial score (nSPS) is 11.1. The van der Waals surface area contributed by atoms with Gasteiger partial charge in [0.25, 0.3) is 5.56 Å². The van der Waals surface area contributed by atoms with Crippen LogP contribution in [0.4, 0.5) is 11.6 Å². The van der Waals surface area contributed by atoms with Gasteiger partial charge in [0.1, 0.15) is 11.5 Å². The van der Waals surface area contributed by atoms with E-state index in [1.807, 2.05) is 0 Å². The van der Waals surface area contributed by atoms with Crippen molar-refractivity contribution in [3.8, 4) is 11.5 Å². The number of aliphatic imine (C=N–C) groups is 1. The van der Waals surface area contributed by atoms with Gasteiger partial charge in [0, 0.05) is 18.1 Å². The van der Waals surface area contributed by atoms with Crippen molar-refractivity contribution in [2.45, 2.75) is 26.7 Å². The minimum Gasteiger partial charge on any atom is -0.497 e. The first-order valence-electron chi connectivity index (χ1n) is 8.96. The Morgan fingerprint density at radius 2 is 2.07 bits per heavy atom. The van der Waals surface area contributed by atoms with Gasteiger partial charge >= 0.3 is 5.97 Å². The molecule has 0 aliphatic rings. The number of anilines is 1. The number of hydrogen-bond donors (Lipinski definition) is 3. The maximum Gasteiger partial charge on any atom is 0.306 e. The fourth-order valence-electron chi connectivity index (χ4n) is 2.59. The predicted molar refractivity (Wildman–Crippen MR) is 109 cm³/mol. The lowest BCUT2D eigenvalue weighted by atomic mass is 10.1. The number of carbonyl (C=O) groups is 1. The number of nitrogens with two attached hydrogens (primary N) is 1. The molecule has 2 aromatic rings. The van der Waals surface area contributed by atoms with Crippen LogP contribution in [0.5, 0.6) is 11.5 Å². The van der Waals surface area contributed by atoms with Crippen LogP contribution in [0.15, 0.2) is 28.0 Å². The fourth-order valence-corrected chi connectivity index (χ4v) is 2.59. The topological polar surface area (TPSA) is 141 Å². The molecule has 156 valence electrons. The van der Waals surface area contributed by atoms with Gasteiger partial charge in [-0.25, -0.2) is 4.98 Å². The Hall–Kier alpha value is -3.56. The van der Waals surface area contributed by atoms with E-state index < -0.39 is 0 Å². The van der Waals surface area contributed by atoms with E-state index in [9.17, 15) is 9.59 Å². The summed E-state index contributed by atoms with van der Waals surface area (Å²) >= 11 is 0. The first kappa shape index (κ1) is 21.7. The highest BCUT2D eigenvalue weighted by Gasteiger charge is 2.12. The quantitative estimate of drug-likeness (QED) is 0.343. The van der Waals surface area contributed by atoms with E-state index in [4.69, 9.17) is 19.9 Å². The summed E-state index contributed by atoms with van der Waals surface area (Å²) in [6.07, 6.45) is 0.327. The minimum atomic E-state index is -0.382. The number of aromatic nitrogens is 2. The van der Waals surface area contributed by atoms with E-state index in [1.165, 1.54) is 7.11 Å². The standard InChI is InChI=1S/C19H25N5O5/c1-5-29-16(25)9-7-13-11(2)21-19(23-17(13)26)24-18(20)22-14-10-12(27-3)6-8-15(14)28-4/h6,8,10H,5,7,9H2,1-4H3,(H4,20,21,22,23,24,26). The number of aromatic amines is 1. The van der Waals surface area contributed by atoms with E-state index >= 15 is 0 Å². The highest BCUT2D eigenvalue weighted by Crippen LogP contribution is 2.28. The lowest BCUT2D eigenvalue weighted by molar-refractivity contribution is -0.143. The van der Waals surface area contributed by atoms with E-state index in [0.717, 1.165) is 0 Å². The van der Waals surface area contributed by atoms with Gasteiger partial charge in [-0.05, 0) is 32.4 Å². The summed E-state index contributed by atoms with van der Waals surface area (Å²) in [6.45, 7) is 3.69. The maximum atomic E-state index is 12.3. The summed E-state index contributed by atoms with van der Waals surface area (Å²) in [5.74, 6) is 0.817. The second kappa shape index (κ2) is 10.1. The molecule has 0 saturated heterocycles. The van der Waals surface area contributed by atoms with Gasteiger partial charge in [0.15, 0.2) is 0 Å². The van der Waals surface area contributed by atoms with E-state index in [0.29, 0.717) is 35.1 Å². The van der Waals surface area contributed by atoms with Crippen molar-refractivity contribution >= 4 is 23.6 Å². The van der Waals surface area contributed by atoms with Gasteiger partial charge in [0.05, 0.1) is 32.2 Å². The van der Waals surface area contributed by atoms with Gasteiger partial charge in [-0.15, -0.1) is 0 Å². The molecule has 1 aromatic carbocycles. The molecule has 0 amide bonds. The third kappa shape index (κ3) is 5.96. The van der Waals surface area contributed by atoms with Crippen LogP contribution in [0, 0.1) is 6.92 Å². The van der Waals surface area contributed by atoms with Crippen molar-refractivity contribution in [3.63, 3.8) is 0 Å². The van der Waals surface area contributed by atoms with Crippen molar-refractivity contribution in [2.24, 2.45) is 10.7 Å². The highest BCUT2D eigenvalue weighted by atomic mass is 16.5. The average molecular weight is 403 g/mol. The number of rotatable bonds is 8. The SMILES string of the molecule is CCOC(=O)CCc1c(C)nc(N=C(N)Nc2cc(OC)ccc2OC)[nH]c1=O. The molecule has 0 saturated carbocycles. The molecule has 10 heteroatoms. The highest BCUT2D eigenvalue weighted by molar-refractivity contribution is 5.95. The first-order chi connectivity index (χ1) is 13.9. The Morgan fingerprint density at radius 3 is 2.69 bits per heavy atom. The van der Waals surface area contributed by atoms with Gasteiger partial charge in [-0.1, -0.05) is 0 Å². The van der Waals surface area contributed by atoms with Crippen molar-refractivity contribution in [1.82, 2.24) is 9.97 Å². The van der Waals surface area contributed by atoms with Gasteiger partial charge in [-0.2, -0.15) is 4.99 Å².